The number of nitrogens with zero attached hydrogens (tertiary/aromatic N) is 1. The van der Waals surface area contributed by atoms with Crippen molar-refractivity contribution >= 4 is 17.6 Å². The zero-order valence-electron chi connectivity index (χ0n) is 14.1. The summed E-state index contributed by atoms with van der Waals surface area (Å²) in [6.45, 7) is 1.27. The van der Waals surface area contributed by atoms with E-state index in [0.29, 0.717) is 6.42 Å². The normalized spacial score (nSPS) is 10.5. The molecule has 0 spiro atoms. The predicted molar refractivity (Wildman–Crippen MR) is 91.4 cm³/mol. The Bertz CT molecular complexity index is 948. The Morgan fingerprint density at radius 2 is 1.96 bits per heavy atom. The summed E-state index contributed by atoms with van der Waals surface area (Å²) in [6.07, 6.45) is 0.197. The van der Waals surface area contributed by atoms with E-state index in [1.54, 1.807) is 13.0 Å². The SMILES string of the molecule is CCCn1c(N)c(C(=O)COC(=O)Cc2ccccc2F)c(=O)[nH]c1=O. The van der Waals surface area contributed by atoms with Gasteiger partial charge in [-0.25, -0.2) is 9.18 Å². The summed E-state index contributed by atoms with van der Waals surface area (Å²) in [7, 11) is 0. The van der Waals surface area contributed by atoms with Crippen molar-refractivity contribution in [1.82, 2.24) is 9.55 Å². The molecule has 0 aliphatic rings. The second-order valence-electron chi connectivity index (χ2n) is 5.52. The van der Waals surface area contributed by atoms with E-state index in [4.69, 9.17) is 10.5 Å². The van der Waals surface area contributed by atoms with Gasteiger partial charge in [-0.2, -0.15) is 0 Å². The molecule has 138 valence electrons. The second-order valence-corrected chi connectivity index (χ2v) is 5.52. The quantitative estimate of drug-likeness (QED) is 0.549. The first-order chi connectivity index (χ1) is 12.3. The van der Waals surface area contributed by atoms with E-state index in [1.165, 1.54) is 18.2 Å². The third-order valence-corrected chi connectivity index (χ3v) is 3.62. The number of anilines is 1. The summed E-state index contributed by atoms with van der Waals surface area (Å²) in [5.74, 6) is -2.53. The van der Waals surface area contributed by atoms with Crippen LogP contribution >= 0.6 is 0 Å². The molecule has 2 rings (SSSR count). The van der Waals surface area contributed by atoms with Crippen molar-refractivity contribution in [2.45, 2.75) is 26.3 Å². The van der Waals surface area contributed by atoms with Gasteiger partial charge in [0.1, 0.15) is 17.2 Å². The second kappa shape index (κ2) is 8.24. The summed E-state index contributed by atoms with van der Waals surface area (Å²) < 4.78 is 19.4. The van der Waals surface area contributed by atoms with Gasteiger partial charge in [-0.05, 0) is 18.1 Å². The molecule has 0 bridgehead atoms. The standard InChI is InChI=1S/C17H18FN3O5/c1-2-7-21-15(19)14(16(24)20-17(21)25)12(22)9-26-13(23)8-10-5-3-4-6-11(10)18/h3-6H,2,7-9,19H2,1H3,(H,20,24,25). The van der Waals surface area contributed by atoms with Gasteiger partial charge in [0.15, 0.2) is 6.61 Å². The number of carbonyl (C=O) groups excluding carboxylic acids is 2. The van der Waals surface area contributed by atoms with Crippen molar-refractivity contribution in [1.29, 1.82) is 0 Å². The molecule has 0 radical (unpaired) electrons. The minimum atomic E-state index is -0.949. The number of rotatable bonds is 7. The lowest BCUT2D eigenvalue weighted by molar-refractivity contribution is -0.141. The number of nitrogens with two attached hydrogens (primary N) is 1. The van der Waals surface area contributed by atoms with Crippen LogP contribution in [0.1, 0.15) is 29.3 Å². The summed E-state index contributed by atoms with van der Waals surface area (Å²) in [6, 6.07) is 5.66. The van der Waals surface area contributed by atoms with Crippen LogP contribution in [0, 0.1) is 5.82 Å². The summed E-state index contributed by atoms with van der Waals surface area (Å²) >= 11 is 0. The number of hydrogen-bond donors (Lipinski definition) is 2. The molecule has 1 aromatic heterocycles. The monoisotopic (exact) mass is 363 g/mol. The molecule has 0 aliphatic carbocycles. The molecule has 3 N–H and O–H groups in total. The van der Waals surface area contributed by atoms with Crippen LogP contribution < -0.4 is 17.0 Å². The fourth-order valence-corrected chi connectivity index (χ4v) is 2.37. The highest BCUT2D eigenvalue weighted by molar-refractivity contribution is 6.01. The molecular weight excluding hydrogens is 345 g/mol. The number of halogens is 1. The Morgan fingerprint density at radius 3 is 2.62 bits per heavy atom. The first-order valence-corrected chi connectivity index (χ1v) is 7.90. The van der Waals surface area contributed by atoms with Crippen molar-refractivity contribution in [2.75, 3.05) is 12.3 Å². The Labute approximate surface area is 147 Å². The molecule has 1 heterocycles. The first-order valence-electron chi connectivity index (χ1n) is 7.90. The van der Waals surface area contributed by atoms with Crippen LogP contribution in [0.2, 0.25) is 0 Å². The highest BCUT2D eigenvalue weighted by Gasteiger charge is 2.20. The van der Waals surface area contributed by atoms with Gasteiger partial charge in [-0.3, -0.25) is 23.9 Å². The maximum absolute atomic E-state index is 13.5. The average Bonchev–Trinajstić information content (AvgIpc) is 2.58. The van der Waals surface area contributed by atoms with Crippen LogP contribution in [0.4, 0.5) is 10.2 Å². The van der Waals surface area contributed by atoms with Crippen molar-refractivity contribution in [2.24, 2.45) is 0 Å². The Kier molecular flexibility index (Phi) is 6.05. The summed E-state index contributed by atoms with van der Waals surface area (Å²) in [5, 5.41) is 0. The van der Waals surface area contributed by atoms with Crippen molar-refractivity contribution in [3.63, 3.8) is 0 Å². The lowest BCUT2D eigenvalue weighted by atomic mass is 10.1. The molecule has 1 aromatic carbocycles. The smallest absolute Gasteiger partial charge is 0.329 e. The van der Waals surface area contributed by atoms with Crippen LogP contribution in [0.5, 0.6) is 0 Å². The van der Waals surface area contributed by atoms with Gasteiger partial charge in [0, 0.05) is 6.54 Å². The minimum Gasteiger partial charge on any atom is -0.457 e. The number of Topliss-reactive ketones (excluding diaryl/α,β-unsaturated/α-hetero) is 1. The number of esters is 1. The van der Waals surface area contributed by atoms with E-state index in [0.717, 1.165) is 4.57 Å². The number of hydrogen-bond acceptors (Lipinski definition) is 6. The number of aromatic nitrogens is 2. The van der Waals surface area contributed by atoms with Gasteiger partial charge in [-0.15, -0.1) is 0 Å². The fraction of sp³-hybridized carbons (Fsp3) is 0.294. The van der Waals surface area contributed by atoms with Crippen LogP contribution in [-0.4, -0.2) is 27.9 Å². The van der Waals surface area contributed by atoms with Crippen molar-refractivity contribution in [3.05, 3.63) is 62.0 Å². The fourth-order valence-electron chi connectivity index (χ4n) is 2.37. The third kappa shape index (κ3) is 4.24. The highest BCUT2D eigenvalue weighted by atomic mass is 19.1. The Hall–Kier alpha value is -3.23. The molecule has 0 saturated heterocycles. The van der Waals surface area contributed by atoms with Gasteiger partial charge < -0.3 is 10.5 Å². The van der Waals surface area contributed by atoms with Crippen molar-refractivity contribution < 1.29 is 18.7 Å². The maximum Gasteiger partial charge on any atom is 0.329 e. The van der Waals surface area contributed by atoms with E-state index in [1.807, 2.05) is 4.98 Å². The van der Waals surface area contributed by atoms with Crippen LogP contribution in [0.25, 0.3) is 0 Å². The largest absolute Gasteiger partial charge is 0.457 e. The number of nitrogens with one attached hydrogen (secondary N) is 1. The van der Waals surface area contributed by atoms with Crippen LogP contribution in [-0.2, 0) is 22.5 Å². The number of nitrogen functional groups attached to an aromatic ring is 1. The topological polar surface area (TPSA) is 124 Å². The predicted octanol–water partition coefficient (Wildman–Crippen LogP) is 0.636. The van der Waals surface area contributed by atoms with Gasteiger partial charge in [0.05, 0.1) is 6.42 Å². The number of benzene rings is 1. The van der Waals surface area contributed by atoms with Crippen molar-refractivity contribution in [3.8, 4) is 0 Å². The number of aromatic amines is 1. The van der Waals surface area contributed by atoms with E-state index < -0.39 is 41.0 Å². The highest BCUT2D eigenvalue weighted by Crippen LogP contribution is 2.09. The van der Waals surface area contributed by atoms with E-state index in [-0.39, 0.29) is 24.3 Å². The molecule has 0 fully saturated rings. The Balaban J connectivity index is 2.12. The van der Waals surface area contributed by atoms with Gasteiger partial charge >= 0.3 is 11.7 Å². The average molecular weight is 363 g/mol. The molecule has 2 aromatic rings. The number of carbonyl (C=O) groups is 2. The lowest BCUT2D eigenvalue weighted by Gasteiger charge is -2.11. The molecule has 26 heavy (non-hydrogen) atoms. The van der Waals surface area contributed by atoms with Gasteiger partial charge in [0.2, 0.25) is 5.78 Å². The number of H-pyrrole nitrogens is 1. The Morgan fingerprint density at radius 1 is 1.27 bits per heavy atom. The minimum absolute atomic E-state index is 0.124. The maximum atomic E-state index is 13.5. The number of ether oxygens (including phenoxy) is 1. The molecule has 0 atom stereocenters. The van der Waals surface area contributed by atoms with Gasteiger partial charge in [0.25, 0.3) is 5.56 Å². The zero-order chi connectivity index (χ0) is 19.3. The zero-order valence-corrected chi connectivity index (χ0v) is 14.1. The van der Waals surface area contributed by atoms with Crippen LogP contribution in [0.3, 0.4) is 0 Å². The van der Waals surface area contributed by atoms with E-state index in [9.17, 15) is 23.6 Å². The molecule has 0 unspecified atom stereocenters. The van der Waals surface area contributed by atoms with E-state index >= 15 is 0 Å². The third-order valence-electron chi connectivity index (χ3n) is 3.62. The number of ketones is 1. The first kappa shape index (κ1) is 19.1. The summed E-state index contributed by atoms with van der Waals surface area (Å²) in [5.41, 5.74) is 3.76. The van der Waals surface area contributed by atoms with Gasteiger partial charge in [-0.1, -0.05) is 25.1 Å². The molecular formula is C17H18FN3O5. The molecule has 0 aliphatic heterocycles. The van der Waals surface area contributed by atoms with Crippen LogP contribution in [0.15, 0.2) is 33.9 Å². The molecule has 0 saturated carbocycles. The molecule has 9 heteroatoms. The summed E-state index contributed by atoms with van der Waals surface area (Å²) in [4.78, 5) is 49.6. The lowest BCUT2D eigenvalue weighted by Crippen LogP contribution is -2.37. The van der Waals surface area contributed by atoms with E-state index in [2.05, 4.69) is 0 Å². The molecule has 0 amide bonds. The molecule has 8 nitrogen and oxygen atoms in total.